The van der Waals surface area contributed by atoms with Crippen LogP contribution in [0.3, 0.4) is 0 Å². The van der Waals surface area contributed by atoms with Crippen LogP contribution < -0.4 is 0 Å². The van der Waals surface area contributed by atoms with E-state index in [-0.39, 0.29) is 30.4 Å². The zero-order chi connectivity index (χ0) is 15.4. The molecule has 2 aromatic rings. The van der Waals surface area contributed by atoms with E-state index in [1.807, 2.05) is 42.5 Å². The Balaban J connectivity index is 1.73. The fourth-order valence-corrected chi connectivity index (χ4v) is 3.38. The Bertz CT molecular complexity index is 582. The summed E-state index contributed by atoms with van der Waals surface area (Å²) >= 11 is 0. The van der Waals surface area contributed by atoms with Gasteiger partial charge in [0.25, 0.3) is 0 Å². The minimum absolute atomic E-state index is 0.0721. The molecule has 0 aliphatic heterocycles. The third-order valence-electron chi connectivity index (χ3n) is 4.53. The molecule has 0 radical (unpaired) electrons. The van der Waals surface area contributed by atoms with Crippen molar-refractivity contribution in [3.8, 4) is 0 Å². The van der Waals surface area contributed by atoms with Crippen molar-refractivity contribution in [1.29, 1.82) is 0 Å². The topological polar surface area (TPSA) is 29.5 Å². The van der Waals surface area contributed by atoms with Crippen molar-refractivity contribution in [3.63, 3.8) is 0 Å². The van der Waals surface area contributed by atoms with E-state index < -0.39 is 0 Å². The number of rotatable bonds is 5. The van der Waals surface area contributed by atoms with Crippen molar-refractivity contribution >= 4 is 0 Å². The summed E-state index contributed by atoms with van der Waals surface area (Å²) in [4.78, 5) is 0. The molecular formula is C19H21FO2. The molecule has 0 spiro atoms. The van der Waals surface area contributed by atoms with Gasteiger partial charge in [-0.1, -0.05) is 42.5 Å². The molecule has 22 heavy (non-hydrogen) atoms. The van der Waals surface area contributed by atoms with E-state index in [1.54, 1.807) is 0 Å². The van der Waals surface area contributed by atoms with Crippen LogP contribution in [-0.4, -0.2) is 17.8 Å². The molecule has 3 rings (SSSR count). The van der Waals surface area contributed by atoms with Crippen LogP contribution in [0, 0.1) is 11.7 Å². The quantitative estimate of drug-likeness (QED) is 0.907. The second-order valence-corrected chi connectivity index (χ2v) is 5.93. The van der Waals surface area contributed by atoms with Gasteiger partial charge in [-0.3, -0.25) is 0 Å². The number of halogens is 1. The number of hydrogen-bond acceptors (Lipinski definition) is 2. The van der Waals surface area contributed by atoms with Crippen LogP contribution in [0.1, 0.15) is 29.9 Å². The van der Waals surface area contributed by atoms with Crippen molar-refractivity contribution in [3.05, 3.63) is 71.5 Å². The maximum absolute atomic E-state index is 13.1. The first-order valence-electron chi connectivity index (χ1n) is 7.80. The fourth-order valence-electron chi connectivity index (χ4n) is 3.38. The fraction of sp³-hybridized carbons (Fsp3) is 0.368. The first-order valence-corrected chi connectivity index (χ1v) is 7.80. The monoisotopic (exact) mass is 300 g/mol. The van der Waals surface area contributed by atoms with Crippen LogP contribution in [0.4, 0.5) is 4.39 Å². The largest absolute Gasteiger partial charge is 0.396 e. The lowest BCUT2D eigenvalue weighted by molar-refractivity contribution is 0.0267. The normalized spacial score (nSPS) is 24.5. The molecule has 3 atom stereocenters. The van der Waals surface area contributed by atoms with E-state index >= 15 is 0 Å². The highest BCUT2D eigenvalue weighted by Crippen LogP contribution is 2.41. The molecule has 0 saturated heterocycles. The van der Waals surface area contributed by atoms with Gasteiger partial charge >= 0.3 is 0 Å². The lowest BCUT2D eigenvalue weighted by atomic mass is 9.88. The number of aliphatic hydroxyl groups is 1. The van der Waals surface area contributed by atoms with Crippen molar-refractivity contribution in [2.24, 2.45) is 5.92 Å². The summed E-state index contributed by atoms with van der Waals surface area (Å²) in [6, 6.07) is 16.7. The van der Waals surface area contributed by atoms with Crippen LogP contribution in [-0.2, 0) is 11.3 Å². The van der Waals surface area contributed by atoms with E-state index in [2.05, 4.69) is 0 Å². The Morgan fingerprint density at radius 1 is 1.00 bits per heavy atom. The van der Waals surface area contributed by atoms with Crippen LogP contribution in [0.25, 0.3) is 0 Å². The van der Waals surface area contributed by atoms with Gasteiger partial charge < -0.3 is 9.84 Å². The summed E-state index contributed by atoms with van der Waals surface area (Å²) in [6.45, 7) is 0.717. The van der Waals surface area contributed by atoms with Crippen molar-refractivity contribution in [2.45, 2.75) is 31.5 Å². The Labute approximate surface area is 130 Å². The molecule has 0 aromatic heterocycles. The highest BCUT2D eigenvalue weighted by molar-refractivity contribution is 5.24. The standard InChI is InChI=1S/C19H21FO2/c20-17-9-6-15(7-10-17)19-16(12-21)8-11-18(19)22-13-14-4-2-1-3-5-14/h1-7,9-10,16,18-19,21H,8,11-13H2. The summed E-state index contributed by atoms with van der Waals surface area (Å²) in [5.74, 6) is 0.0876. The van der Waals surface area contributed by atoms with E-state index in [9.17, 15) is 9.50 Å². The summed E-state index contributed by atoms with van der Waals surface area (Å²) in [6.07, 6.45) is 1.95. The van der Waals surface area contributed by atoms with Gasteiger partial charge in [-0.25, -0.2) is 4.39 Å². The zero-order valence-electron chi connectivity index (χ0n) is 12.5. The summed E-state index contributed by atoms with van der Waals surface area (Å²) in [5, 5.41) is 9.63. The van der Waals surface area contributed by atoms with Gasteiger partial charge in [-0.15, -0.1) is 0 Å². The Kier molecular flexibility index (Phi) is 4.86. The maximum Gasteiger partial charge on any atom is 0.123 e. The summed E-state index contributed by atoms with van der Waals surface area (Å²) in [7, 11) is 0. The predicted octanol–water partition coefficient (Wildman–Crippen LogP) is 3.90. The molecule has 0 heterocycles. The Morgan fingerprint density at radius 2 is 1.73 bits per heavy atom. The molecule has 1 N–H and O–H groups in total. The average molecular weight is 300 g/mol. The molecule has 116 valence electrons. The second kappa shape index (κ2) is 7.03. The number of hydrogen-bond donors (Lipinski definition) is 1. The van der Waals surface area contributed by atoms with Crippen LogP contribution >= 0.6 is 0 Å². The third kappa shape index (κ3) is 3.37. The molecular weight excluding hydrogens is 279 g/mol. The minimum atomic E-state index is -0.232. The Hall–Kier alpha value is -1.71. The van der Waals surface area contributed by atoms with Crippen molar-refractivity contribution < 1.29 is 14.2 Å². The highest BCUT2D eigenvalue weighted by Gasteiger charge is 2.37. The van der Waals surface area contributed by atoms with Gasteiger partial charge in [0, 0.05) is 12.5 Å². The predicted molar refractivity (Wildman–Crippen MR) is 84.0 cm³/mol. The Morgan fingerprint density at radius 3 is 2.41 bits per heavy atom. The van der Waals surface area contributed by atoms with E-state index in [4.69, 9.17) is 4.74 Å². The molecule has 3 heteroatoms. The molecule has 2 aromatic carbocycles. The van der Waals surface area contributed by atoms with E-state index in [0.29, 0.717) is 6.61 Å². The molecule has 1 fully saturated rings. The molecule has 1 aliphatic rings. The van der Waals surface area contributed by atoms with Crippen molar-refractivity contribution in [2.75, 3.05) is 6.61 Å². The van der Waals surface area contributed by atoms with Crippen LogP contribution in [0.5, 0.6) is 0 Å². The lowest BCUT2D eigenvalue weighted by Gasteiger charge is -2.25. The maximum atomic E-state index is 13.1. The number of benzene rings is 2. The van der Waals surface area contributed by atoms with Gasteiger partial charge in [0.15, 0.2) is 0 Å². The zero-order valence-corrected chi connectivity index (χ0v) is 12.5. The highest BCUT2D eigenvalue weighted by atomic mass is 19.1. The van der Waals surface area contributed by atoms with Crippen LogP contribution in [0.2, 0.25) is 0 Å². The first kappa shape index (κ1) is 15.2. The van der Waals surface area contributed by atoms with Gasteiger partial charge in [-0.2, -0.15) is 0 Å². The third-order valence-corrected chi connectivity index (χ3v) is 4.53. The second-order valence-electron chi connectivity index (χ2n) is 5.93. The van der Waals surface area contributed by atoms with E-state index in [1.165, 1.54) is 12.1 Å². The summed E-state index contributed by atoms with van der Waals surface area (Å²) in [5.41, 5.74) is 2.20. The first-order chi connectivity index (χ1) is 10.8. The average Bonchev–Trinajstić information content (AvgIpc) is 2.97. The van der Waals surface area contributed by atoms with Gasteiger partial charge in [0.2, 0.25) is 0 Å². The molecule has 2 nitrogen and oxygen atoms in total. The van der Waals surface area contributed by atoms with Gasteiger partial charge in [0.05, 0.1) is 12.7 Å². The number of ether oxygens (including phenoxy) is 1. The smallest absolute Gasteiger partial charge is 0.123 e. The molecule has 3 unspecified atom stereocenters. The minimum Gasteiger partial charge on any atom is -0.396 e. The van der Waals surface area contributed by atoms with Gasteiger partial charge in [-0.05, 0) is 42.0 Å². The van der Waals surface area contributed by atoms with Gasteiger partial charge in [0.1, 0.15) is 5.82 Å². The molecule has 1 aliphatic carbocycles. The SMILES string of the molecule is OCC1CCC(OCc2ccccc2)C1c1ccc(F)cc1. The van der Waals surface area contributed by atoms with E-state index in [0.717, 1.165) is 24.0 Å². The molecule has 0 bridgehead atoms. The van der Waals surface area contributed by atoms with Crippen LogP contribution in [0.15, 0.2) is 54.6 Å². The molecule has 1 saturated carbocycles. The van der Waals surface area contributed by atoms with Crippen molar-refractivity contribution in [1.82, 2.24) is 0 Å². The lowest BCUT2D eigenvalue weighted by Crippen LogP contribution is -2.22. The number of aliphatic hydroxyl groups excluding tert-OH is 1. The molecule has 0 amide bonds. The summed E-state index contributed by atoms with van der Waals surface area (Å²) < 4.78 is 19.3.